The minimum Gasteiger partial charge on any atom is -0.369 e. The highest BCUT2D eigenvalue weighted by atomic mass is 16.1. The smallest absolute Gasteiger partial charge is 0.222 e. The van der Waals surface area contributed by atoms with Crippen LogP contribution < -0.4 is 11.1 Å². The van der Waals surface area contributed by atoms with Crippen LogP contribution >= 0.6 is 0 Å². The highest BCUT2D eigenvalue weighted by molar-refractivity contribution is 5.77. The van der Waals surface area contributed by atoms with Crippen molar-refractivity contribution in [2.45, 2.75) is 45.6 Å². The molecule has 4 unspecified atom stereocenters. The third kappa shape index (κ3) is 4.56. The summed E-state index contributed by atoms with van der Waals surface area (Å²) < 4.78 is 1.76. The molecule has 118 valence electrons. The van der Waals surface area contributed by atoms with Crippen molar-refractivity contribution in [2.24, 2.45) is 30.5 Å². The van der Waals surface area contributed by atoms with E-state index in [4.69, 9.17) is 5.73 Å². The van der Waals surface area contributed by atoms with Crippen molar-refractivity contribution in [3.05, 3.63) is 18.0 Å². The number of hydrogen-bond acceptors (Lipinski definition) is 3. The van der Waals surface area contributed by atoms with Gasteiger partial charge in [0.2, 0.25) is 5.91 Å². The van der Waals surface area contributed by atoms with Crippen LogP contribution in [0.1, 0.15) is 38.7 Å². The molecular formula is C16H28N4O. The summed E-state index contributed by atoms with van der Waals surface area (Å²) >= 11 is 0. The van der Waals surface area contributed by atoms with Crippen LogP contribution in [-0.2, 0) is 18.3 Å². The second kappa shape index (κ2) is 7.07. The van der Waals surface area contributed by atoms with E-state index in [2.05, 4.69) is 24.3 Å². The lowest BCUT2D eigenvalue weighted by molar-refractivity contribution is -0.121. The maximum absolute atomic E-state index is 11.7. The average Bonchev–Trinajstić information content (AvgIpc) is 2.81. The number of hydrogen-bond donors (Lipinski definition) is 2. The summed E-state index contributed by atoms with van der Waals surface area (Å²) in [5.74, 6) is 1.09. The Morgan fingerprint density at radius 2 is 2.29 bits per heavy atom. The standard InChI is InChI=1S/C16H28N4O/c1-11-4-5-15(12(2)6-11)18-9-14(16(17)21)7-13-8-19-20(3)10-13/h8,10-12,14-15,18H,4-7,9H2,1-3H3,(H2,17,21). The van der Waals surface area contributed by atoms with Crippen LogP contribution in [0.3, 0.4) is 0 Å². The van der Waals surface area contributed by atoms with Crippen LogP contribution in [0.4, 0.5) is 0 Å². The van der Waals surface area contributed by atoms with E-state index in [9.17, 15) is 4.79 Å². The number of rotatable bonds is 6. The summed E-state index contributed by atoms with van der Waals surface area (Å²) in [7, 11) is 1.88. The van der Waals surface area contributed by atoms with Crippen molar-refractivity contribution < 1.29 is 4.79 Å². The molecule has 2 rings (SSSR count). The fraction of sp³-hybridized carbons (Fsp3) is 0.750. The number of carbonyl (C=O) groups is 1. The molecule has 1 heterocycles. The number of primary amides is 1. The highest BCUT2D eigenvalue weighted by Crippen LogP contribution is 2.28. The Labute approximate surface area is 127 Å². The van der Waals surface area contributed by atoms with Gasteiger partial charge in [-0.2, -0.15) is 5.10 Å². The van der Waals surface area contributed by atoms with Gasteiger partial charge in [-0.05, 0) is 43.1 Å². The van der Waals surface area contributed by atoms with Crippen LogP contribution in [0, 0.1) is 17.8 Å². The number of aromatic nitrogens is 2. The normalized spacial score (nSPS) is 27.5. The molecule has 4 atom stereocenters. The van der Waals surface area contributed by atoms with Crippen LogP contribution in [-0.4, -0.2) is 28.3 Å². The van der Waals surface area contributed by atoms with Crippen LogP contribution in [0.25, 0.3) is 0 Å². The van der Waals surface area contributed by atoms with E-state index in [1.54, 1.807) is 10.9 Å². The molecule has 0 bridgehead atoms. The lowest BCUT2D eigenvalue weighted by Gasteiger charge is -2.34. The van der Waals surface area contributed by atoms with E-state index < -0.39 is 0 Å². The predicted octanol–water partition coefficient (Wildman–Crippen LogP) is 1.48. The maximum Gasteiger partial charge on any atom is 0.222 e. The Morgan fingerprint density at radius 1 is 1.52 bits per heavy atom. The van der Waals surface area contributed by atoms with E-state index in [1.807, 2.05) is 13.2 Å². The van der Waals surface area contributed by atoms with Crippen molar-refractivity contribution in [3.63, 3.8) is 0 Å². The van der Waals surface area contributed by atoms with Gasteiger partial charge < -0.3 is 11.1 Å². The molecule has 3 N–H and O–H groups in total. The van der Waals surface area contributed by atoms with E-state index in [0.717, 1.165) is 11.5 Å². The molecule has 1 aromatic heterocycles. The minimum absolute atomic E-state index is 0.166. The molecule has 0 aromatic carbocycles. The fourth-order valence-electron chi connectivity index (χ4n) is 3.40. The molecule has 1 aliphatic rings. The number of nitrogens with zero attached hydrogens (tertiary/aromatic N) is 2. The second-order valence-electron chi connectivity index (χ2n) is 6.74. The first-order valence-corrected chi connectivity index (χ1v) is 7.96. The van der Waals surface area contributed by atoms with Crippen molar-refractivity contribution in [1.82, 2.24) is 15.1 Å². The molecule has 0 saturated heterocycles. The molecule has 0 spiro atoms. The van der Waals surface area contributed by atoms with E-state index >= 15 is 0 Å². The third-order valence-corrected chi connectivity index (χ3v) is 4.70. The molecule has 1 aromatic rings. The zero-order valence-corrected chi connectivity index (χ0v) is 13.4. The van der Waals surface area contributed by atoms with Crippen LogP contribution in [0.5, 0.6) is 0 Å². The first-order chi connectivity index (χ1) is 9.95. The molecule has 0 radical (unpaired) electrons. The lowest BCUT2D eigenvalue weighted by Crippen LogP contribution is -2.44. The van der Waals surface area contributed by atoms with Gasteiger partial charge in [-0.15, -0.1) is 0 Å². The topological polar surface area (TPSA) is 72.9 Å². The summed E-state index contributed by atoms with van der Waals surface area (Å²) in [4.78, 5) is 11.7. The third-order valence-electron chi connectivity index (χ3n) is 4.70. The molecule has 1 aliphatic carbocycles. The van der Waals surface area contributed by atoms with E-state index in [1.165, 1.54) is 19.3 Å². The van der Waals surface area contributed by atoms with Crippen molar-refractivity contribution in [3.8, 4) is 0 Å². The maximum atomic E-state index is 11.7. The number of aryl methyl sites for hydroxylation is 1. The number of nitrogens with one attached hydrogen (secondary N) is 1. The first-order valence-electron chi connectivity index (χ1n) is 7.96. The average molecular weight is 292 g/mol. The summed E-state index contributed by atoms with van der Waals surface area (Å²) in [6.07, 6.45) is 8.14. The van der Waals surface area contributed by atoms with Crippen LogP contribution in [0.15, 0.2) is 12.4 Å². The van der Waals surface area contributed by atoms with Crippen LogP contribution in [0.2, 0.25) is 0 Å². The summed E-state index contributed by atoms with van der Waals surface area (Å²) in [5, 5.41) is 7.72. The summed E-state index contributed by atoms with van der Waals surface area (Å²) in [6, 6.07) is 0.511. The molecular weight excluding hydrogens is 264 g/mol. The van der Waals surface area contributed by atoms with Gasteiger partial charge >= 0.3 is 0 Å². The molecule has 1 fully saturated rings. The summed E-state index contributed by atoms with van der Waals surface area (Å²) in [5.41, 5.74) is 6.62. The van der Waals surface area contributed by atoms with Gasteiger partial charge in [0.15, 0.2) is 0 Å². The van der Waals surface area contributed by atoms with Gasteiger partial charge in [0.05, 0.1) is 12.1 Å². The number of amides is 1. The largest absolute Gasteiger partial charge is 0.369 e. The van der Waals surface area contributed by atoms with E-state index in [0.29, 0.717) is 24.9 Å². The van der Waals surface area contributed by atoms with Gasteiger partial charge in [-0.25, -0.2) is 0 Å². The zero-order valence-electron chi connectivity index (χ0n) is 13.4. The highest BCUT2D eigenvalue weighted by Gasteiger charge is 2.26. The lowest BCUT2D eigenvalue weighted by atomic mass is 9.79. The van der Waals surface area contributed by atoms with Gasteiger partial charge in [-0.3, -0.25) is 9.48 Å². The Morgan fingerprint density at radius 3 is 2.86 bits per heavy atom. The zero-order chi connectivity index (χ0) is 15.4. The molecule has 21 heavy (non-hydrogen) atoms. The Bertz CT molecular complexity index is 471. The minimum atomic E-state index is -0.233. The fourth-order valence-corrected chi connectivity index (χ4v) is 3.40. The summed E-state index contributed by atoms with van der Waals surface area (Å²) in [6.45, 7) is 5.28. The Hall–Kier alpha value is -1.36. The van der Waals surface area contributed by atoms with Crippen molar-refractivity contribution in [1.29, 1.82) is 0 Å². The molecule has 5 heteroatoms. The van der Waals surface area contributed by atoms with Crippen molar-refractivity contribution in [2.75, 3.05) is 6.54 Å². The van der Waals surface area contributed by atoms with Gasteiger partial charge in [-0.1, -0.05) is 13.8 Å². The molecule has 5 nitrogen and oxygen atoms in total. The molecule has 1 saturated carbocycles. The van der Waals surface area contributed by atoms with Gasteiger partial charge in [0, 0.05) is 25.8 Å². The number of nitrogens with two attached hydrogens (primary N) is 1. The Balaban J connectivity index is 1.87. The quantitative estimate of drug-likeness (QED) is 0.834. The van der Waals surface area contributed by atoms with E-state index in [-0.39, 0.29) is 11.8 Å². The molecule has 0 aliphatic heterocycles. The second-order valence-corrected chi connectivity index (χ2v) is 6.74. The Kier molecular flexibility index (Phi) is 5.39. The monoisotopic (exact) mass is 292 g/mol. The first kappa shape index (κ1) is 16.0. The number of carbonyl (C=O) groups excluding carboxylic acids is 1. The van der Waals surface area contributed by atoms with Gasteiger partial charge in [0.1, 0.15) is 0 Å². The van der Waals surface area contributed by atoms with Crippen molar-refractivity contribution >= 4 is 5.91 Å². The molecule has 1 amide bonds. The SMILES string of the molecule is CC1CCC(NCC(Cc2cnn(C)c2)C(N)=O)C(C)C1. The van der Waals surface area contributed by atoms with Gasteiger partial charge in [0.25, 0.3) is 0 Å². The predicted molar refractivity (Wildman–Crippen MR) is 83.6 cm³/mol.